The Morgan fingerprint density at radius 3 is 0.853 bits per heavy atom. The maximum atomic E-state index is 9.93. The minimum Gasteiger partial charge on any atom is -0.394 e. The predicted octanol–water partition coefficient (Wildman–Crippen LogP) is 7.04. The number of rotatable bonds is 6. The third-order valence-electron chi connectivity index (χ3n) is 1.37. The minimum absolute atomic E-state index is 0.125. The fraction of sp³-hybridized carbons (Fsp3) is 0.385. The lowest BCUT2D eigenvalue weighted by Crippen LogP contribution is -2.12. The molecule has 1 unspecified atom stereocenters. The van der Waals surface area contributed by atoms with Crippen molar-refractivity contribution >= 4 is 10.4 Å². The normalized spacial score (nSPS) is 7.15. The largest absolute Gasteiger partial charge is 0.397 e. The molecular weight excluding hydrogens is 456 g/mol. The van der Waals surface area contributed by atoms with Crippen molar-refractivity contribution in [3.05, 3.63) is 105 Å². The molecule has 8 heteroatoms. The summed E-state index contributed by atoms with van der Waals surface area (Å²) < 4.78 is 36.9. The molecule has 0 fully saturated rings. The van der Waals surface area contributed by atoms with Gasteiger partial charge in [0.2, 0.25) is 0 Å². The van der Waals surface area contributed by atoms with Crippen LogP contribution in [-0.2, 0) is 19.3 Å². The van der Waals surface area contributed by atoms with E-state index in [0.717, 1.165) is 13.2 Å². The highest BCUT2D eigenvalue weighted by atomic mass is 32.3. The summed E-state index contributed by atoms with van der Waals surface area (Å²) in [5, 5.41) is 15.2. The Balaban J connectivity index is -0.0000000206. The summed E-state index contributed by atoms with van der Waals surface area (Å²) in [5.41, 5.74) is 0. The molecule has 0 amide bonds. The molecule has 0 aromatic carbocycles. The van der Waals surface area contributed by atoms with Crippen LogP contribution in [0.2, 0.25) is 0 Å². The second-order valence-corrected chi connectivity index (χ2v) is 4.02. The lowest BCUT2D eigenvalue weighted by molar-refractivity contribution is 0.162. The van der Waals surface area contributed by atoms with Crippen LogP contribution in [0, 0.1) is 0 Å². The molecule has 0 heterocycles. The Morgan fingerprint density at radius 2 is 0.824 bits per heavy atom. The molecule has 0 spiro atoms. The lowest BCUT2D eigenvalue weighted by Gasteiger charge is -2.04. The summed E-state index contributed by atoms with van der Waals surface area (Å²) >= 11 is 0. The van der Waals surface area contributed by atoms with Crippen LogP contribution in [0.25, 0.3) is 0 Å². The second kappa shape index (κ2) is 144. The van der Waals surface area contributed by atoms with Crippen LogP contribution in [0.15, 0.2) is 105 Å². The molecule has 7 nitrogen and oxygen atoms in total. The van der Waals surface area contributed by atoms with Crippen molar-refractivity contribution in [1.29, 1.82) is 0 Å². The zero-order valence-electron chi connectivity index (χ0n) is 22.8. The van der Waals surface area contributed by atoms with Gasteiger partial charge in [-0.2, -0.15) is 8.42 Å². The SMILES string of the molecule is C=C.C=C.C=C.C=C.C=C.C=C.C=C.C=C.CCC(C)OS(=O)(=O)O.CCOCC.OCCO. The molecule has 1 atom stereocenters. The molecule has 0 aliphatic rings. The Labute approximate surface area is 214 Å². The molecule has 0 bridgehead atoms. The van der Waals surface area contributed by atoms with Gasteiger partial charge in [-0.25, -0.2) is 4.18 Å². The van der Waals surface area contributed by atoms with Crippen LogP contribution >= 0.6 is 0 Å². The molecule has 0 aromatic rings. The first-order valence-corrected chi connectivity index (χ1v) is 11.1. The quantitative estimate of drug-likeness (QED) is 0.257. The number of aliphatic hydroxyl groups excluding tert-OH is 2. The summed E-state index contributed by atoms with van der Waals surface area (Å²) in [4.78, 5) is 0. The average Bonchev–Trinajstić information content (AvgIpc) is 2.93. The molecule has 0 rings (SSSR count). The van der Waals surface area contributed by atoms with Gasteiger partial charge in [-0.05, 0) is 27.2 Å². The highest BCUT2D eigenvalue weighted by Crippen LogP contribution is 1.99. The van der Waals surface area contributed by atoms with Crippen LogP contribution in [0.4, 0.5) is 0 Å². The summed E-state index contributed by atoms with van der Waals surface area (Å²) in [7, 11) is -4.24. The third-order valence-corrected chi connectivity index (χ3v) is 1.94. The Hall–Kier alpha value is -2.33. The molecule has 0 aliphatic heterocycles. The Kier molecular flexibility index (Phi) is 296. The second-order valence-electron chi connectivity index (χ2n) is 2.97. The van der Waals surface area contributed by atoms with Crippen molar-refractivity contribution in [1.82, 2.24) is 0 Å². The fourth-order valence-electron chi connectivity index (χ4n) is 0.480. The molecule has 0 aliphatic carbocycles. The fourth-order valence-corrected chi connectivity index (χ4v) is 1.03. The number of hydrogen-bond acceptors (Lipinski definition) is 6. The average molecular weight is 515 g/mol. The van der Waals surface area contributed by atoms with Crippen LogP contribution in [0.3, 0.4) is 0 Å². The molecule has 0 saturated heterocycles. The van der Waals surface area contributed by atoms with Crippen LogP contribution in [0.5, 0.6) is 0 Å². The molecule has 0 saturated carbocycles. The van der Waals surface area contributed by atoms with Gasteiger partial charge in [-0.15, -0.1) is 105 Å². The number of ether oxygens (including phenoxy) is 1. The third kappa shape index (κ3) is 415. The van der Waals surface area contributed by atoms with Crippen molar-refractivity contribution in [3.63, 3.8) is 0 Å². The van der Waals surface area contributed by atoms with Crippen LogP contribution < -0.4 is 0 Å². The molecule has 34 heavy (non-hydrogen) atoms. The van der Waals surface area contributed by atoms with E-state index < -0.39 is 16.5 Å². The maximum absolute atomic E-state index is 9.93. The first kappa shape index (κ1) is 69.7. The lowest BCUT2D eigenvalue weighted by atomic mass is 10.3. The summed E-state index contributed by atoms with van der Waals surface area (Å²) in [6.07, 6.45) is 0.111. The van der Waals surface area contributed by atoms with Gasteiger partial charge < -0.3 is 14.9 Å². The van der Waals surface area contributed by atoms with Crippen LogP contribution in [0.1, 0.15) is 34.1 Å². The Morgan fingerprint density at radius 1 is 0.618 bits per heavy atom. The first-order chi connectivity index (χ1) is 16.3. The smallest absolute Gasteiger partial charge is 0.394 e. The topological polar surface area (TPSA) is 113 Å². The van der Waals surface area contributed by atoms with Gasteiger partial charge in [0.1, 0.15) is 0 Å². The van der Waals surface area contributed by atoms with E-state index in [1.54, 1.807) is 13.8 Å². The number of hydrogen-bond donors (Lipinski definition) is 3. The molecule has 0 aromatic heterocycles. The van der Waals surface area contributed by atoms with Gasteiger partial charge in [0.25, 0.3) is 0 Å². The summed E-state index contributed by atoms with van der Waals surface area (Å²) in [6, 6.07) is 0. The monoisotopic (exact) mass is 514 g/mol. The van der Waals surface area contributed by atoms with E-state index in [1.807, 2.05) is 13.8 Å². The van der Waals surface area contributed by atoms with Crippen LogP contribution in [-0.4, -0.2) is 55.7 Å². The number of aliphatic hydroxyl groups is 2. The van der Waals surface area contributed by atoms with E-state index in [0.29, 0.717) is 6.42 Å². The van der Waals surface area contributed by atoms with Gasteiger partial charge in [0.15, 0.2) is 0 Å². The molecule has 3 N–H and O–H groups in total. The van der Waals surface area contributed by atoms with Crippen molar-refractivity contribution < 1.29 is 32.1 Å². The van der Waals surface area contributed by atoms with Gasteiger partial charge in [-0.3, -0.25) is 4.55 Å². The van der Waals surface area contributed by atoms with E-state index in [1.165, 1.54) is 0 Å². The van der Waals surface area contributed by atoms with E-state index in [-0.39, 0.29) is 13.2 Å². The van der Waals surface area contributed by atoms with Crippen molar-refractivity contribution in [2.24, 2.45) is 0 Å². The standard InChI is InChI=1S/C4H10O4S.C4H10O.C2H6O2.8C2H4/c1-3-4(2)8-9(5,6)7;1-3-5-4-2;3-1-2-4;8*1-2/h4H,3H2,1-2H3,(H,5,6,7);3-4H2,1-2H3;3-4H,1-2H2;8*1-2H2. The van der Waals surface area contributed by atoms with Gasteiger partial charge >= 0.3 is 10.4 Å². The molecule has 210 valence electrons. The van der Waals surface area contributed by atoms with Crippen molar-refractivity contribution in [2.45, 2.75) is 40.2 Å². The first-order valence-electron chi connectivity index (χ1n) is 9.74. The zero-order valence-corrected chi connectivity index (χ0v) is 23.6. The van der Waals surface area contributed by atoms with E-state index in [4.69, 9.17) is 19.5 Å². The van der Waals surface area contributed by atoms with Crippen molar-refractivity contribution in [2.75, 3.05) is 26.4 Å². The minimum atomic E-state index is -4.24. The summed E-state index contributed by atoms with van der Waals surface area (Å²) in [6.45, 7) is 56.7. The van der Waals surface area contributed by atoms with E-state index in [2.05, 4.69) is 109 Å². The van der Waals surface area contributed by atoms with Gasteiger partial charge in [0.05, 0.1) is 19.3 Å². The highest BCUT2D eigenvalue weighted by molar-refractivity contribution is 7.80. The predicted molar refractivity (Wildman–Crippen MR) is 159 cm³/mol. The summed E-state index contributed by atoms with van der Waals surface area (Å²) in [5.74, 6) is 0. The van der Waals surface area contributed by atoms with Gasteiger partial charge in [-0.1, -0.05) is 6.92 Å². The van der Waals surface area contributed by atoms with Gasteiger partial charge in [0, 0.05) is 13.2 Å². The maximum Gasteiger partial charge on any atom is 0.397 e. The highest BCUT2D eigenvalue weighted by Gasteiger charge is 2.08. The van der Waals surface area contributed by atoms with E-state index >= 15 is 0 Å². The zero-order chi connectivity index (χ0) is 31.0. The Bertz CT molecular complexity index is 310. The molecule has 0 radical (unpaired) electrons. The van der Waals surface area contributed by atoms with Crippen molar-refractivity contribution in [3.8, 4) is 0 Å². The molecular formula is C26H58O7S. The van der Waals surface area contributed by atoms with E-state index in [9.17, 15) is 8.42 Å².